The lowest BCUT2D eigenvalue weighted by atomic mass is 9.95. The van der Waals surface area contributed by atoms with Gasteiger partial charge in [0.1, 0.15) is 0 Å². The van der Waals surface area contributed by atoms with Crippen LogP contribution in [0.3, 0.4) is 0 Å². The van der Waals surface area contributed by atoms with Gasteiger partial charge in [0, 0.05) is 30.2 Å². The first kappa shape index (κ1) is 22.5. The molecule has 0 atom stereocenters. The van der Waals surface area contributed by atoms with Crippen LogP contribution in [0.4, 0.5) is 27.6 Å². The molecule has 4 nitrogen and oxygen atoms in total. The van der Waals surface area contributed by atoms with Crippen molar-refractivity contribution < 1.29 is 36.6 Å². The van der Waals surface area contributed by atoms with Crippen LogP contribution >= 0.6 is 0 Å². The molecule has 1 aliphatic rings. The number of aryl methyl sites for hydroxylation is 2. The monoisotopic (exact) mass is 439 g/mol. The third kappa shape index (κ3) is 4.45. The van der Waals surface area contributed by atoms with Crippen molar-refractivity contribution in [1.82, 2.24) is 0 Å². The second kappa shape index (κ2) is 7.79. The molecule has 0 spiro atoms. The van der Waals surface area contributed by atoms with Gasteiger partial charge in [-0.25, -0.2) is 13.6 Å². The quantitative estimate of drug-likeness (QED) is 0.498. The number of alkyl halides is 5. The molecule has 1 N–H and O–H groups in total. The van der Waals surface area contributed by atoms with Crippen molar-refractivity contribution >= 4 is 23.1 Å². The zero-order valence-corrected chi connectivity index (χ0v) is 16.6. The van der Waals surface area contributed by atoms with Gasteiger partial charge in [-0.3, -0.25) is 4.79 Å². The summed E-state index contributed by atoms with van der Waals surface area (Å²) < 4.78 is 70.3. The fourth-order valence-electron chi connectivity index (χ4n) is 3.55. The second-order valence-electron chi connectivity index (χ2n) is 7.37. The summed E-state index contributed by atoms with van der Waals surface area (Å²) in [4.78, 5) is 25.2. The number of halogens is 5. The first-order valence-corrected chi connectivity index (χ1v) is 9.25. The van der Waals surface area contributed by atoms with Crippen LogP contribution < -0.4 is 4.90 Å². The Bertz CT molecular complexity index is 1090. The molecule has 1 amide bonds. The van der Waals surface area contributed by atoms with Gasteiger partial charge in [0.15, 0.2) is 0 Å². The van der Waals surface area contributed by atoms with Crippen LogP contribution in [0.5, 0.6) is 0 Å². The van der Waals surface area contributed by atoms with Crippen LogP contribution in [0.15, 0.2) is 42.5 Å². The summed E-state index contributed by atoms with van der Waals surface area (Å²) in [6, 6.07) is 7.32. The zero-order chi connectivity index (χ0) is 23.1. The summed E-state index contributed by atoms with van der Waals surface area (Å²) in [6.45, 7) is 2.44. The summed E-state index contributed by atoms with van der Waals surface area (Å²) in [5, 5.41) is 9.07. The first-order valence-electron chi connectivity index (χ1n) is 9.25. The molecule has 0 radical (unpaired) electrons. The fraction of sp³-hybridized carbons (Fsp3) is 0.273. The molecule has 0 aromatic heterocycles. The molecule has 1 heterocycles. The number of carbonyl (C=O) groups excluding carboxylic acids is 1. The van der Waals surface area contributed by atoms with Gasteiger partial charge in [-0.15, -0.1) is 0 Å². The maximum atomic E-state index is 14.8. The maximum absolute atomic E-state index is 14.8. The average Bonchev–Trinajstić information content (AvgIpc) is 2.75. The summed E-state index contributed by atoms with van der Waals surface area (Å²) in [5.74, 6) is -6.29. The highest BCUT2D eigenvalue weighted by molar-refractivity contribution is 6.09. The van der Waals surface area contributed by atoms with Crippen molar-refractivity contribution in [3.8, 4) is 0 Å². The van der Waals surface area contributed by atoms with Gasteiger partial charge in [0.05, 0.1) is 16.8 Å². The van der Waals surface area contributed by atoms with E-state index >= 15 is 0 Å². The van der Waals surface area contributed by atoms with Crippen LogP contribution in [0, 0.1) is 13.8 Å². The van der Waals surface area contributed by atoms with Crippen LogP contribution in [-0.2, 0) is 11.0 Å². The Balaban J connectivity index is 2.22. The smallest absolute Gasteiger partial charge is 0.417 e. The number of carboxylic acids is 1. The van der Waals surface area contributed by atoms with Gasteiger partial charge in [-0.2, -0.15) is 13.2 Å². The minimum Gasteiger partial charge on any atom is -0.478 e. The minimum absolute atomic E-state index is 0.0750. The van der Waals surface area contributed by atoms with Gasteiger partial charge in [0.2, 0.25) is 0 Å². The van der Waals surface area contributed by atoms with E-state index in [1.165, 1.54) is 31.2 Å². The number of nitrogens with zero attached hydrogens (tertiary/aromatic N) is 1. The average molecular weight is 439 g/mol. The molecule has 0 fully saturated rings. The van der Waals surface area contributed by atoms with Crippen LogP contribution in [0.2, 0.25) is 0 Å². The molecular weight excluding hydrogens is 421 g/mol. The van der Waals surface area contributed by atoms with E-state index in [1.54, 1.807) is 6.92 Å². The third-order valence-corrected chi connectivity index (χ3v) is 5.00. The van der Waals surface area contributed by atoms with Crippen molar-refractivity contribution in [3.05, 3.63) is 70.3 Å². The Kier molecular flexibility index (Phi) is 5.64. The number of allylic oxidation sites excluding steroid dienone is 1. The lowest BCUT2D eigenvalue weighted by Gasteiger charge is -2.25. The lowest BCUT2D eigenvalue weighted by Crippen LogP contribution is -2.34. The van der Waals surface area contributed by atoms with Gasteiger partial charge < -0.3 is 10.0 Å². The summed E-state index contributed by atoms with van der Waals surface area (Å²) in [7, 11) is 0. The molecule has 3 rings (SSSR count). The molecule has 31 heavy (non-hydrogen) atoms. The first-order chi connectivity index (χ1) is 14.3. The Morgan fingerprint density at radius 3 is 2.29 bits per heavy atom. The van der Waals surface area contributed by atoms with Crippen LogP contribution in [0.25, 0.3) is 5.57 Å². The molecule has 0 aliphatic carbocycles. The van der Waals surface area contributed by atoms with E-state index in [9.17, 15) is 31.5 Å². The largest absolute Gasteiger partial charge is 0.478 e. The number of anilines is 1. The van der Waals surface area contributed by atoms with Gasteiger partial charge in [-0.1, -0.05) is 23.3 Å². The highest BCUT2D eigenvalue weighted by atomic mass is 19.4. The van der Waals surface area contributed by atoms with Crippen molar-refractivity contribution in [3.63, 3.8) is 0 Å². The van der Waals surface area contributed by atoms with Crippen LogP contribution in [0.1, 0.15) is 39.0 Å². The van der Waals surface area contributed by atoms with Gasteiger partial charge in [-0.05, 0) is 38.1 Å². The van der Waals surface area contributed by atoms with Crippen molar-refractivity contribution in [1.29, 1.82) is 0 Å². The number of fused-ring (bicyclic) bond motifs is 1. The molecule has 1 aliphatic heterocycles. The SMILES string of the molecule is Cc1ccc2c(c1)/C(=C/C(=O)O)C(F)(F)CCN2C(=O)c1ccc(C)cc1C(F)(F)F. The Labute approximate surface area is 174 Å². The van der Waals surface area contributed by atoms with E-state index in [4.69, 9.17) is 5.11 Å². The van der Waals surface area contributed by atoms with Crippen molar-refractivity contribution in [2.75, 3.05) is 11.4 Å². The van der Waals surface area contributed by atoms with E-state index in [-0.39, 0.29) is 16.8 Å². The minimum atomic E-state index is -4.82. The number of carbonyl (C=O) groups is 2. The van der Waals surface area contributed by atoms with Gasteiger partial charge >= 0.3 is 12.1 Å². The maximum Gasteiger partial charge on any atom is 0.417 e. The molecule has 0 saturated heterocycles. The topological polar surface area (TPSA) is 57.6 Å². The van der Waals surface area contributed by atoms with E-state index in [2.05, 4.69) is 0 Å². The highest BCUT2D eigenvalue weighted by Crippen LogP contribution is 2.44. The number of amides is 1. The van der Waals surface area contributed by atoms with Crippen molar-refractivity contribution in [2.45, 2.75) is 32.4 Å². The molecule has 164 valence electrons. The summed E-state index contributed by atoms with van der Waals surface area (Å²) >= 11 is 0. The Morgan fingerprint density at radius 1 is 1.06 bits per heavy atom. The third-order valence-electron chi connectivity index (χ3n) is 5.00. The van der Waals surface area contributed by atoms with Gasteiger partial charge in [0.25, 0.3) is 11.8 Å². The van der Waals surface area contributed by atoms with E-state index < -0.39 is 53.6 Å². The Morgan fingerprint density at radius 2 is 1.68 bits per heavy atom. The van der Waals surface area contributed by atoms with Crippen LogP contribution in [-0.4, -0.2) is 29.5 Å². The lowest BCUT2D eigenvalue weighted by molar-refractivity contribution is -0.138. The number of carboxylic acid groups (broad SMARTS) is 1. The number of hydrogen-bond donors (Lipinski definition) is 1. The molecular formula is C22H18F5NO3. The number of benzene rings is 2. The second-order valence-corrected chi connectivity index (χ2v) is 7.37. The molecule has 0 bridgehead atoms. The zero-order valence-electron chi connectivity index (χ0n) is 16.6. The van der Waals surface area contributed by atoms with E-state index in [1.807, 2.05) is 0 Å². The number of rotatable bonds is 2. The standard InChI is InChI=1S/C22H18F5NO3/c1-12-4-6-18-15(9-12)16(11-19(29)30)21(23,24)7-8-28(18)20(31)14-5-3-13(2)10-17(14)22(25,26)27/h3-6,9-11H,7-8H2,1-2H3,(H,29,30)/b16-11-. The molecule has 0 saturated carbocycles. The predicted molar refractivity (Wildman–Crippen MR) is 104 cm³/mol. The summed E-state index contributed by atoms with van der Waals surface area (Å²) in [6.07, 6.45) is -5.39. The molecule has 9 heteroatoms. The predicted octanol–water partition coefficient (Wildman–Crippen LogP) is 5.48. The van der Waals surface area contributed by atoms with E-state index in [0.717, 1.165) is 17.0 Å². The fourth-order valence-corrected chi connectivity index (χ4v) is 3.55. The van der Waals surface area contributed by atoms with E-state index in [0.29, 0.717) is 11.6 Å². The molecule has 0 unspecified atom stereocenters. The summed E-state index contributed by atoms with van der Waals surface area (Å²) in [5.41, 5.74) is -2.11. The normalized spacial score (nSPS) is 17.3. The number of hydrogen-bond acceptors (Lipinski definition) is 2. The highest BCUT2D eigenvalue weighted by Gasteiger charge is 2.43. The number of aliphatic carboxylic acids is 1. The molecule has 2 aromatic rings. The Hall–Kier alpha value is -3.23. The molecule has 2 aromatic carbocycles. The van der Waals surface area contributed by atoms with Crippen molar-refractivity contribution in [2.24, 2.45) is 0 Å².